The summed E-state index contributed by atoms with van der Waals surface area (Å²) >= 11 is 0. The van der Waals surface area contributed by atoms with Crippen LogP contribution in [0.25, 0.3) is 16.8 Å². The molecule has 2 aromatic heterocycles. The summed E-state index contributed by atoms with van der Waals surface area (Å²) < 4.78 is 4.02. The maximum absolute atomic E-state index is 4.62. The van der Waals surface area contributed by atoms with Crippen LogP contribution in [0.2, 0.25) is 0 Å². The van der Waals surface area contributed by atoms with Crippen molar-refractivity contribution in [2.75, 3.05) is 20.6 Å². The number of aromatic nitrogens is 4. The minimum absolute atomic E-state index is 0. The average molecular weight is 316 g/mol. The minimum Gasteiger partial charge on any atom is -0.309 e. The average Bonchev–Trinajstić information content (AvgIpc) is 2.88. The molecule has 0 spiro atoms. The molecule has 0 aliphatic heterocycles. The molecule has 0 fully saturated rings. The van der Waals surface area contributed by atoms with Gasteiger partial charge in [0.05, 0.1) is 11.0 Å². The van der Waals surface area contributed by atoms with Gasteiger partial charge in [-0.2, -0.15) is 9.61 Å². The van der Waals surface area contributed by atoms with Gasteiger partial charge in [-0.25, -0.2) is 4.98 Å². The Morgan fingerprint density at radius 3 is 2.65 bits per heavy atom. The SMILES string of the molecule is CN(C)CCCn1cnn2c3ccccc3nc12.Cl.Cl. The lowest BCUT2D eigenvalue weighted by Crippen LogP contribution is -2.14. The first kappa shape index (κ1) is 16.8. The number of imidazole rings is 1. The third-order valence-corrected chi connectivity index (χ3v) is 3.09. The van der Waals surface area contributed by atoms with Gasteiger partial charge in [-0.15, -0.1) is 24.8 Å². The number of fused-ring (bicyclic) bond motifs is 3. The van der Waals surface area contributed by atoms with Crippen molar-refractivity contribution in [1.29, 1.82) is 0 Å². The van der Waals surface area contributed by atoms with Crippen LogP contribution >= 0.6 is 24.8 Å². The van der Waals surface area contributed by atoms with Crippen molar-refractivity contribution in [2.24, 2.45) is 0 Å². The van der Waals surface area contributed by atoms with Crippen molar-refractivity contribution in [3.63, 3.8) is 0 Å². The first-order valence-electron chi connectivity index (χ1n) is 6.19. The molecule has 0 radical (unpaired) electrons. The third-order valence-electron chi connectivity index (χ3n) is 3.09. The molecule has 0 saturated carbocycles. The summed E-state index contributed by atoms with van der Waals surface area (Å²) in [6, 6.07) is 8.09. The lowest BCUT2D eigenvalue weighted by molar-refractivity contribution is 0.387. The molecular weight excluding hydrogens is 297 g/mol. The first-order chi connectivity index (χ1) is 8.75. The van der Waals surface area contributed by atoms with E-state index in [4.69, 9.17) is 0 Å². The van der Waals surface area contributed by atoms with E-state index in [9.17, 15) is 0 Å². The number of hydrogen-bond donors (Lipinski definition) is 0. The largest absolute Gasteiger partial charge is 0.309 e. The molecule has 0 aliphatic carbocycles. The normalized spacial score (nSPS) is 10.8. The summed E-state index contributed by atoms with van der Waals surface area (Å²) in [7, 11) is 4.18. The predicted molar refractivity (Wildman–Crippen MR) is 86.2 cm³/mol. The van der Waals surface area contributed by atoms with Gasteiger partial charge in [-0.3, -0.25) is 4.57 Å². The minimum atomic E-state index is 0. The van der Waals surface area contributed by atoms with Gasteiger partial charge in [0.2, 0.25) is 5.78 Å². The van der Waals surface area contributed by atoms with E-state index in [1.54, 1.807) is 0 Å². The van der Waals surface area contributed by atoms with Crippen molar-refractivity contribution in [2.45, 2.75) is 13.0 Å². The van der Waals surface area contributed by atoms with E-state index < -0.39 is 0 Å². The van der Waals surface area contributed by atoms with Gasteiger partial charge in [0.1, 0.15) is 6.33 Å². The Labute approximate surface area is 130 Å². The Bertz CT molecular complexity index is 674. The lowest BCUT2D eigenvalue weighted by Gasteiger charge is -2.08. The molecule has 20 heavy (non-hydrogen) atoms. The van der Waals surface area contributed by atoms with Gasteiger partial charge in [-0.1, -0.05) is 12.1 Å². The van der Waals surface area contributed by atoms with E-state index in [-0.39, 0.29) is 24.8 Å². The molecule has 0 saturated heterocycles. The standard InChI is InChI=1S/C13H17N5.2ClH/c1-16(2)8-5-9-17-10-14-18-12-7-4-3-6-11(12)15-13(17)18;;/h3-4,6-7,10H,5,8-9H2,1-2H3;2*1H. The number of benzene rings is 1. The maximum Gasteiger partial charge on any atom is 0.233 e. The molecule has 2 heterocycles. The van der Waals surface area contributed by atoms with E-state index in [1.807, 2.05) is 35.1 Å². The lowest BCUT2D eigenvalue weighted by atomic mass is 10.3. The molecular formula is C13H19Cl2N5. The third kappa shape index (κ3) is 3.06. The Morgan fingerprint density at radius 1 is 1.15 bits per heavy atom. The quantitative estimate of drug-likeness (QED) is 0.742. The maximum atomic E-state index is 4.62. The second kappa shape index (κ2) is 6.92. The zero-order valence-electron chi connectivity index (χ0n) is 11.6. The summed E-state index contributed by atoms with van der Waals surface area (Å²) in [5, 5.41) is 4.41. The fourth-order valence-electron chi connectivity index (χ4n) is 2.18. The van der Waals surface area contributed by atoms with Crippen molar-refractivity contribution < 1.29 is 0 Å². The van der Waals surface area contributed by atoms with Crippen LogP contribution in [0.4, 0.5) is 0 Å². The smallest absolute Gasteiger partial charge is 0.233 e. The van der Waals surface area contributed by atoms with E-state index >= 15 is 0 Å². The molecule has 1 aromatic carbocycles. The van der Waals surface area contributed by atoms with Gasteiger partial charge in [-0.05, 0) is 39.2 Å². The number of aryl methyl sites for hydroxylation is 1. The fraction of sp³-hybridized carbons (Fsp3) is 0.385. The van der Waals surface area contributed by atoms with Crippen LogP contribution in [-0.4, -0.2) is 44.7 Å². The van der Waals surface area contributed by atoms with Gasteiger partial charge >= 0.3 is 0 Å². The molecule has 3 aromatic rings. The van der Waals surface area contributed by atoms with Crippen LogP contribution < -0.4 is 0 Å². The van der Waals surface area contributed by atoms with Crippen LogP contribution in [-0.2, 0) is 6.54 Å². The monoisotopic (exact) mass is 315 g/mol. The first-order valence-corrected chi connectivity index (χ1v) is 6.19. The van der Waals surface area contributed by atoms with Crippen LogP contribution in [0.5, 0.6) is 0 Å². The Hall–Kier alpha value is -1.30. The number of para-hydroxylation sites is 2. The van der Waals surface area contributed by atoms with Crippen molar-refractivity contribution in [1.82, 2.24) is 24.1 Å². The van der Waals surface area contributed by atoms with Crippen molar-refractivity contribution in [3.05, 3.63) is 30.6 Å². The Morgan fingerprint density at radius 2 is 1.90 bits per heavy atom. The molecule has 0 amide bonds. The number of hydrogen-bond acceptors (Lipinski definition) is 3. The second-order valence-corrected chi connectivity index (χ2v) is 4.79. The number of nitrogens with zero attached hydrogens (tertiary/aromatic N) is 5. The molecule has 110 valence electrons. The van der Waals surface area contributed by atoms with Gasteiger partial charge in [0.15, 0.2) is 0 Å². The fourth-order valence-corrected chi connectivity index (χ4v) is 2.18. The van der Waals surface area contributed by atoms with Gasteiger partial charge in [0, 0.05) is 6.54 Å². The summed E-state index contributed by atoms with van der Waals surface area (Å²) in [5.74, 6) is 0.926. The van der Waals surface area contributed by atoms with Crippen LogP contribution in [0, 0.1) is 0 Å². The van der Waals surface area contributed by atoms with Crippen LogP contribution in [0.1, 0.15) is 6.42 Å². The molecule has 0 N–H and O–H groups in total. The highest BCUT2D eigenvalue weighted by Crippen LogP contribution is 2.15. The van der Waals surface area contributed by atoms with Crippen molar-refractivity contribution >= 4 is 41.6 Å². The topological polar surface area (TPSA) is 38.4 Å². The van der Waals surface area contributed by atoms with E-state index in [1.165, 1.54) is 0 Å². The second-order valence-electron chi connectivity index (χ2n) is 4.79. The summed E-state index contributed by atoms with van der Waals surface area (Å²) in [5.41, 5.74) is 2.07. The Balaban J connectivity index is 0.000001000. The number of rotatable bonds is 4. The molecule has 0 unspecified atom stereocenters. The number of halogens is 2. The zero-order valence-corrected chi connectivity index (χ0v) is 13.2. The van der Waals surface area contributed by atoms with Crippen LogP contribution in [0.15, 0.2) is 30.6 Å². The summed E-state index contributed by atoms with van der Waals surface area (Å²) in [6.07, 6.45) is 2.96. The van der Waals surface area contributed by atoms with E-state index in [0.29, 0.717) is 0 Å². The summed E-state index contributed by atoms with van der Waals surface area (Å²) in [6.45, 7) is 2.02. The molecule has 7 heteroatoms. The Kier molecular flexibility index (Phi) is 5.80. The highest BCUT2D eigenvalue weighted by Gasteiger charge is 2.08. The van der Waals surface area contributed by atoms with Gasteiger partial charge in [0.25, 0.3) is 0 Å². The zero-order chi connectivity index (χ0) is 12.5. The molecule has 0 bridgehead atoms. The van der Waals surface area contributed by atoms with Gasteiger partial charge < -0.3 is 4.90 Å². The van der Waals surface area contributed by atoms with E-state index in [2.05, 4.69) is 33.6 Å². The highest BCUT2D eigenvalue weighted by molar-refractivity contribution is 5.85. The van der Waals surface area contributed by atoms with E-state index in [0.717, 1.165) is 36.3 Å². The van der Waals surface area contributed by atoms with Crippen LogP contribution in [0.3, 0.4) is 0 Å². The van der Waals surface area contributed by atoms with Crippen molar-refractivity contribution in [3.8, 4) is 0 Å². The molecule has 0 atom stereocenters. The highest BCUT2D eigenvalue weighted by atomic mass is 35.5. The molecule has 5 nitrogen and oxygen atoms in total. The molecule has 3 rings (SSSR count). The predicted octanol–water partition coefficient (Wildman–Crippen LogP) is 2.48. The molecule has 0 aliphatic rings. The summed E-state index contributed by atoms with van der Waals surface area (Å²) in [4.78, 5) is 6.81.